The third-order valence-electron chi connectivity index (χ3n) is 4.12. The number of benzene rings is 2. The van der Waals surface area contributed by atoms with E-state index < -0.39 is 0 Å². The third kappa shape index (κ3) is 4.09. The lowest BCUT2D eigenvalue weighted by atomic mass is 10.1. The van der Waals surface area contributed by atoms with Gasteiger partial charge in [-0.3, -0.25) is 0 Å². The topological polar surface area (TPSA) is 71.1 Å². The maximum absolute atomic E-state index is 9.54. The number of nitrogens with zero attached hydrogens (tertiary/aromatic N) is 3. The Balaban J connectivity index is 1.94. The van der Waals surface area contributed by atoms with Crippen LogP contribution in [0.25, 0.3) is 5.69 Å². The molecule has 5 nitrogen and oxygen atoms in total. The highest BCUT2D eigenvalue weighted by Crippen LogP contribution is 2.31. The molecule has 0 aliphatic heterocycles. The molecule has 0 bridgehead atoms. The first-order chi connectivity index (χ1) is 13.0. The van der Waals surface area contributed by atoms with Crippen molar-refractivity contribution in [3.63, 3.8) is 0 Å². The third-order valence-corrected chi connectivity index (χ3v) is 4.73. The van der Waals surface area contributed by atoms with Gasteiger partial charge >= 0.3 is 0 Å². The minimum Gasteiger partial charge on any atom is -0.487 e. The molecule has 7 heteroatoms. The fraction of sp³-hybridized carbons (Fsp3) is 0.200. The Hall–Kier alpha value is -2.52. The van der Waals surface area contributed by atoms with E-state index in [0.29, 0.717) is 44.9 Å². The molecule has 0 atom stereocenters. The van der Waals surface area contributed by atoms with Crippen molar-refractivity contribution in [1.29, 1.82) is 5.26 Å². The van der Waals surface area contributed by atoms with E-state index in [1.807, 2.05) is 24.3 Å². The van der Waals surface area contributed by atoms with Gasteiger partial charge in [0.05, 0.1) is 21.4 Å². The minimum atomic E-state index is 0.1000. The van der Waals surface area contributed by atoms with Gasteiger partial charge in [0.25, 0.3) is 0 Å². The molecule has 1 aromatic heterocycles. The second-order valence-corrected chi connectivity index (χ2v) is 6.72. The molecule has 0 radical (unpaired) electrons. The van der Waals surface area contributed by atoms with Crippen LogP contribution in [0.15, 0.2) is 42.5 Å². The van der Waals surface area contributed by atoms with E-state index >= 15 is 0 Å². The van der Waals surface area contributed by atoms with Gasteiger partial charge in [0, 0.05) is 6.61 Å². The quantitative estimate of drug-likeness (QED) is 0.660. The number of para-hydroxylation sites is 1. The number of ether oxygens (including phenoxy) is 1. The molecule has 0 aliphatic carbocycles. The van der Waals surface area contributed by atoms with Gasteiger partial charge < -0.3 is 9.84 Å². The van der Waals surface area contributed by atoms with Crippen LogP contribution < -0.4 is 4.74 Å². The van der Waals surface area contributed by atoms with Gasteiger partial charge in [0.15, 0.2) is 0 Å². The van der Waals surface area contributed by atoms with Crippen LogP contribution in [0.4, 0.5) is 0 Å². The summed E-state index contributed by atoms with van der Waals surface area (Å²) in [5.74, 6) is 0.649. The van der Waals surface area contributed by atoms with Gasteiger partial charge in [-0.25, -0.2) is 4.68 Å². The summed E-state index contributed by atoms with van der Waals surface area (Å²) in [6.07, 6.45) is 0.593. The van der Waals surface area contributed by atoms with Crippen LogP contribution >= 0.6 is 23.2 Å². The Bertz CT molecular complexity index is 971. The van der Waals surface area contributed by atoms with E-state index in [4.69, 9.17) is 33.0 Å². The highest BCUT2D eigenvalue weighted by Gasteiger charge is 2.20. The van der Waals surface area contributed by atoms with E-state index in [9.17, 15) is 5.26 Å². The number of hydrogen-bond donors (Lipinski definition) is 1. The summed E-state index contributed by atoms with van der Waals surface area (Å²) < 4.78 is 7.43. The average Bonchev–Trinajstić information content (AvgIpc) is 2.96. The molecule has 0 saturated carbocycles. The minimum absolute atomic E-state index is 0.1000. The number of aliphatic hydroxyl groups is 1. The average molecular weight is 402 g/mol. The lowest BCUT2D eigenvalue weighted by Crippen LogP contribution is -2.08. The van der Waals surface area contributed by atoms with Crippen LogP contribution in [-0.2, 0) is 13.0 Å². The monoisotopic (exact) mass is 401 g/mol. The number of hydrogen-bond acceptors (Lipinski definition) is 4. The molecule has 1 heterocycles. The van der Waals surface area contributed by atoms with E-state index in [2.05, 4.69) is 11.2 Å². The molecule has 0 spiro atoms. The van der Waals surface area contributed by atoms with Crippen molar-refractivity contribution in [2.45, 2.75) is 20.0 Å². The summed E-state index contributed by atoms with van der Waals surface area (Å²) in [6.45, 7) is 1.99. The lowest BCUT2D eigenvalue weighted by Gasteiger charge is -2.12. The Labute approximate surface area is 167 Å². The van der Waals surface area contributed by atoms with Crippen molar-refractivity contribution in [2.75, 3.05) is 6.61 Å². The highest BCUT2D eigenvalue weighted by molar-refractivity contribution is 6.37. The number of aromatic nitrogens is 2. The molecule has 3 aromatic rings. The summed E-state index contributed by atoms with van der Waals surface area (Å²) >= 11 is 12.6. The summed E-state index contributed by atoms with van der Waals surface area (Å²) in [7, 11) is 0. The van der Waals surface area contributed by atoms with Crippen molar-refractivity contribution in [2.24, 2.45) is 0 Å². The summed E-state index contributed by atoms with van der Waals surface area (Å²) in [5.41, 5.74) is 3.12. The SMILES string of the molecule is Cc1nn(-c2c(Cl)cccc2Cl)c(COc2ccc(CCO)cc2)c1C#N. The molecule has 2 aromatic carbocycles. The second kappa shape index (κ2) is 8.45. The van der Waals surface area contributed by atoms with Crippen LogP contribution in [0, 0.1) is 18.3 Å². The van der Waals surface area contributed by atoms with Crippen molar-refractivity contribution in [1.82, 2.24) is 9.78 Å². The molecule has 0 aliphatic rings. The first-order valence-corrected chi connectivity index (χ1v) is 9.06. The van der Waals surface area contributed by atoms with Gasteiger partial charge in [-0.15, -0.1) is 0 Å². The molecule has 0 unspecified atom stereocenters. The van der Waals surface area contributed by atoms with Crippen LogP contribution in [0.3, 0.4) is 0 Å². The Morgan fingerprint density at radius 2 is 1.81 bits per heavy atom. The first-order valence-electron chi connectivity index (χ1n) is 8.30. The standard InChI is InChI=1S/C20H17Cl2N3O2/c1-13-16(11-23)19(12-27-15-7-5-14(6-8-15)9-10-26)25(24-13)20-17(21)3-2-4-18(20)22/h2-8,26H,9-10,12H2,1H3. The van der Waals surface area contributed by atoms with Crippen molar-refractivity contribution >= 4 is 23.2 Å². The van der Waals surface area contributed by atoms with Gasteiger partial charge in [-0.05, 0) is 43.2 Å². The predicted octanol–water partition coefficient (Wildman–Crippen LogP) is 4.47. The number of rotatable bonds is 6. The highest BCUT2D eigenvalue weighted by atomic mass is 35.5. The van der Waals surface area contributed by atoms with Crippen molar-refractivity contribution in [3.05, 3.63) is 75.0 Å². The van der Waals surface area contributed by atoms with Gasteiger partial charge in [0.1, 0.15) is 29.7 Å². The van der Waals surface area contributed by atoms with Gasteiger partial charge in [0.2, 0.25) is 0 Å². The normalized spacial score (nSPS) is 10.6. The van der Waals surface area contributed by atoms with Gasteiger partial charge in [-0.2, -0.15) is 10.4 Å². The molecule has 0 amide bonds. The zero-order valence-electron chi connectivity index (χ0n) is 14.6. The predicted molar refractivity (Wildman–Crippen MR) is 105 cm³/mol. The summed E-state index contributed by atoms with van der Waals surface area (Å²) in [6, 6.07) is 14.8. The fourth-order valence-corrected chi connectivity index (χ4v) is 3.32. The zero-order valence-corrected chi connectivity index (χ0v) is 16.1. The molecule has 3 rings (SSSR count). The van der Waals surface area contributed by atoms with Crippen LogP contribution in [0.2, 0.25) is 10.0 Å². The van der Waals surface area contributed by atoms with E-state index in [1.165, 1.54) is 0 Å². The van der Waals surface area contributed by atoms with Crippen LogP contribution in [0.1, 0.15) is 22.5 Å². The summed E-state index contributed by atoms with van der Waals surface area (Å²) in [5, 5.41) is 23.8. The maximum Gasteiger partial charge on any atom is 0.132 e. The Morgan fingerprint density at radius 1 is 1.15 bits per heavy atom. The summed E-state index contributed by atoms with van der Waals surface area (Å²) in [4.78, 5) is 0. The molecule has 0 fully saturated rings. The van der Waals surface area contributed by atoms with E-state index in [0.717, 1.165) is 5.56 Å². The molecular weight excluding hydrogens is 385 g/mol. The Morgan fingerprint density at radius 3 is 2.41 bits per heavy atom. The molecule has 0 saturated heterocycles. The van der Waals surface area contributed by atoms with Crippen molar-refractivity contribution < 1.29 is 9.84 Å². The number of aliphatic hydroxyl groups excluding tert-OH is 1. The van der Waals surface area contributed by atoms with Crippen LogP contribution in [0.5, 0.6) is 5.75 Å². The maximum atomic E-state index is 9.54. The van der Waals surface area contributed by atoms with E-state index in [1.54, 1.807) is 29.8 Å². The molecular formula is C20H17Cl2N3O2. The second-order valence-electron chi connectivity index (χ2n) is 5.91. The number of halogens is 2. The fourth-order valence-electron chi connectivity index (χ4n) is 2.76. The number of nitriles is 1. The van der Waals surface area contributed by atoms with Crippen LogP contribution in [-0.4, -0.2) is 21.5 Å². The van der Waals surface area contributed by atoms with Crippen molar-refractivity contribution in [3.8, 4) is 17.5 Å². The number of aryl methyl sites for hydroxylation is 1. The molecule has 27 heavy (non-hydrogen) atoms. The largest absolute Gasteiger partial charge is 0.487 e. The zero-order chi connectivity index (χ0) is 19.4. The smallest absolute Gasteiger partial charge is 0.132 e. The molecule has 1 N–H and O–H groups in total. The van der Waals surface area contributed by atoms with E-state index in [-0.39, 0.29) is 13.2 Å². The first kappa shape index (κ1) is 19.2. The van der Waals surface area contributed by atoms with Gasteiger partial charge in [-0.1, -0.05) is 41.4 Å². The lowest BCUT2D eigenvalue weighted by molar-refractivity contribution is 0.295. The molecule has 138 valence electrons. The Kier molecular flexibility index (Phi) is 6.02.